The number of carbonyl (C=O) groups is 1. The number of nitrogens with zero attached hydrogens (tertiary/aromatic N) is 3. The van der Waals surface area contributed by atoms with E-state index in [1.165, 1.54) is 19.0 Å². The number of rotatable bonds is 6. The molecule has 3 heterocycles. The zero-order chi connectivity index (χ0) is 17.2. The largest absolute Gasteiger partial charge is 0.477 e. The summed E-state index contributed by atoms with van der Waals surface area (Å²) in [4.78, 5) is 16.6. The molecule has 1 aliphatic carbocycles. The van der Waals surface area contributed by atoms with Crippen LogP contribution in [0.25, 0.3) is 11.5 Å². The summed E-state index contributed by atoms with van der Waals surface area (Å²) >= 11 is 0. The molecule has 25 heavy (non-hydrogen) atoms. The van der Waals surface area contributed by atoms with Crippen molar-refractivity contribution >= 4 is 11.7 Å². The second kappa shape index (κ2) is 6.43. The van der Waals surface area contributed by atoms with Crippen LogP contribution in [-0.2, 0) is 7.05 Å². The molecule has 3 aromatic rings. The zero-order valence-corrected chi connectivity index (χ0v) is 13.8. The van der Waals surface area contributed by atoms with Crippen molar-refractivity contribution in [2.75, 3.05) is 11.9 Å². The molecule has 0 bridgehead atoms. The lowest BCUT2D eigenvalue weighted by Crippen LogP contribution is -2.14. The van der Waals surface area contributed by atoms with Crippen LogP contribution in [0, 0.1) is 5.92 Å². The molecule has 0 saturated heterocycles. The number of aryl methyl sites for hydroxylation is 1. The summed E-state index contributed by atoms with van der Waals surface area (Å²) in [5, 5.41) is 7.16. The fourth-order valence-electron chi connectivity index (χ4n) is 2.41. The minimum Gasteiger partial charge on any atom is -0.477 e. The second-order valence-electron chi connectivity index (χ2n) is 6.11. The third kappa shape index (κ3) is 3.55. The lowest BCUT2D eigenvalue weighted by Gasteiger charge is -2.06. The van der Waals surface area contributed by atoms with Crippen LogP contribution in [0.1, 0.15) is 23.2 Å². The fraction of sp³-hybridized carbons (Fsp3) is 0.278. The van der Waals surface area contributed by atoms with Crippen molar-refractivity contribution in [2.24, 2.45) is 13.0 Å². The number of nitrogens with one attached hydrogen (secondary N) is 1. The van der Waals surface area contributed by atoms with Gasteiger partial charge in [0.25, 0.3) is 5.91 Å². The Balaban J connectivity index is 1.42. The number of aromatic nitrogens is 3. The number of anilines is 1. The first kappa shape index (κ1) is 15.4. The Bertz CT molecular complexity index is 864. The van der Waals surface area contributed by atoms with Gasteiger partial charge in [-0.15, -0.1) is 0 Å². The van der Waals surface area contributed by atoms with Crippen LogP contribution < -0.4 is 10.1 Å². The van der Waals surface area contributed by atoms with Gasteiger partial charge in [-0.2, -0.15) is 5.10 Å². The molecule has 1 saturated carbocycles. The van der Waals surface area contributed by atoms with Crippen molar-refractivity contribution in [1.29, 1.82) is 0 Å². The molecular formula is C18H18N4O3. The van der Waals surface area contributed by atoms with E-state index in [0.29, 0.717) is 41.2 Å². The molecule has 7 heteroatoms. The van der Waals surface area contributed by atoms with Gasteiger partial charge >= 0.3 is 0 Å². The van der Waals surface area contributed by atoms with Crippen LogP contribution in [0.15, 0.2) is 47.2 Å². The van der Waals surface area contributed by atoms with E-state index in [1.807, 2.05) is 6.07 Å². The Kier molecular flexibility index (Phi) is 3.97. The number of carbonyl (C=O) groups excluding carboxylic acids is 1. The summed E-state index contributed by atoms with van der Waals surface area (Å²) in [5.74, 6) is 2.18. The molecule has 1 N–H and O–H groups in total. The number of pyridine rings is 1. The van der Waals surface area contributed by atoms with Crippen molar-refractivity contribution in [3.05, 3.63) is 48.4 Å². The highest BCUT2D eigenvalue weighted by Gasteiger charge is 2.22. The van der Waals surface area contributed by atoms with Crippen molar-refractivity contribution in [3.8, 4) is 17.3 Å². The normalized spacial score (nSPS) is 13.6. The molecule has 7 nitrogen and oxygen atoms in total. The molecule has 128 valence electrons. The van der Waals surface area contributed by atoms with Gasteiger partial charge in [0.05, 0.1) is 18.4 Å². The van der Waals surface area contributed by atoms with Gasteiger partial charge in [-0.25, -0.2) is 4.98 Å². The Morgan fingerprint density at radius 2 is 2.28 bits per heavy atom. The van der Waals surface area contributed by atoms with Gasteiger partial charge in [-0.3, -0.25) is 9.48 Å². The Morgan fingerprint density at radius 1 is 1.40 bits per heavy atom. The fourth-order valence-corrected chi connectivity index (χ4v) is 2.41. The molecule has 0 spiro atoms. The first-order valence-electron chi connectivity index (χ1n) is 8.17. The number of hydrogen-bond donors (Lipinski definition) is 1. The molecule has 1 aliphatic rings. The van der Waals surface area contributed by atoms with E-state index in [4.69, 9.17) is 9.15 Å². The minimum atomic E-state index is -0.254. The first-order valence-corrected chi connectivity index (χ1v) is 8.17. The third-order valence-electron chi connectivity index (χ3n) is 4.06. The molecule has 0 aliphatic heterocycles. The Labute approximate surface area is 144 Å². The monoisotopic (exact) mass is 338 g/mol. The average Bonchev–Trinajstić information content (AvgIpc) is 3.14. The Hall–Kier alpha value is -3.09. The van der Waals surface area contributed by atoms with E-state index >= 15 is 0 Å². The number of ether oxygens (including phenoxy) is 1. The lowest BCUT2D eigenvalue weighted by atomic mass is 10.2. The summed E-state index contributed by atoms with van der Waals surface area (Å²) < 4.78 is 12.5. The van der Waals surface area contributed by atoms with E-state index < -0.39 is 0 Å². The van der Waals surface area contributed by atoms with Crippen LogP contribution in [0.2, 0.25) is 0 Å². The molecule has 0 unspecified atom stereocenters. The smallest absolute Gasteiger partial charge is 0.258 e. The van der Waals surface area contributed by atoms with Gasteiger partial charge in [-0.1, -0.05) is 0 Å². The Morgan fingerprint density at radius 3 is 2.96 bits per heavy atom. The number of hydrogen-bond acceptors (Lipinski definition) is 5. The minimum absolute atomic E-state index is 0.254. The summed E-state index contributed by atoms with van der Waals surface area (Å²) in [7, 11) is 1.76. The van der Waals surface area contributed by atoms with Crippen molar-refractivity contribution in [2.45, 2.75) is 12.8 Å². The van der Waals surface area contributed by atoms with Crippen LogP contribution in [-0.4, -0.2) is 27.3 Å². The van der Waals surface area contributed by atoms with E-state index in [-0.39, 0.29) is 5.91 Å². The molecule has 3 aromatic heterocycles. The van der Waals surface area contributed by atoms with Crippen LogP contribution in [0.3, 0.4) is 0 Å². The predicted molar refractivity (Wildman–Crippen MR) is 91.3 cm³/mol. The van der Waals surface area contributed by atoms with Gasteiger partial charge in [-0.05, 0) is 37.0 Å². The summed E-state index contributed by atoms with van der Waals surface area (Å²) in [5.41, 5.74) is 1.12. The topological polar surface area (TPSA) is 82.2 Å². The molecule has 1 amide bonds. The van der Waals surface area contributed by atoms with E-state index in [9.17, 15) is 4.79 Å². The second-order valence-corrected chi connectivity index (χ2v) is 6.11. The molecule has 0 aromatic carbocycles. The van der Waals surface area contributed by atoms with Gasteiger partial charge in [0.2, 0.25) is 5.88 Å². The van der Waals surface area contributed by atoms with Crippen molar-refractivity contribution in [3.63, 3.8) is 0 Å². The molecular weight excluding hydrogens is 320 g/mol. The van der Waals surface area contributed by atoms with Crippen LogP contribution in [0.5, 0.6) is 5.88 Å². The molecule has 1 fully saturated rings. The highest BCUT2D eigenvalue weighted by Crippen LogP contribution is 2.29. The standard InChI is InChI=1S/C18H18N4O3/c1-22-16(9-14(21-22)15-3-2-8-24-15)20-18(23)13-6-7-17(19-10-13)25-11-12-4-5-12/h2-3,6-10,12H,4-5,11H2,1H3,(H,20,23). The number of furan rings is 1. The highest BCUT2D eigenvalue weighted by atomic mass is 16.5. The maximum absolute atomic E-state index is 12.4. The maximum Gasteiger partial charge on any atom is 0.258 e. The molecule has 4 rings (SSSR count). The van der Waals surface area contributed by atoms with Gasteiger partial charge in [0.15, 0.2) is 5.76 Å². The van der Waals surface area contributed by atoms with Crippen molar-refractivity contribution < 1.29 is 13.9 Å². The van der Waals surface area contributed by atoms with E-state index in [1.54, 1.807) is 42.3 Å². The maximum atomic E-state index is 12.4. The van der Waals surface area contributed by atoms with Crippen LogP contribution in [0.4, 0.5) is 5.82 Å². The van der Waals surface area contributed by atoms with Gasteiger partial charge in [0.1, 0.15) is 11.5 Å². The summed E-state index contributed by atoms with van der Waals surface area (Å²) in [6.07, 6.45) is 5.55. The van der Waals surface area contributed by atoms with E-state index in [0.717, 1.165) is 0 Å². The highest BCUT2D eigenvalue weighted by molar-refractivity contribution is 6.03. The third-order valence-corrected chi connectivity index (χ3v) is 4.06. The summed E-state index contributed by atoms with van der Waals surface area (Å²) in [6, 6.07) is 8.79. The summed E-state index contributed by atoms with van der Waals surface area (Å²) in [6.45, 7) is 0.698. The number of amides is 1. The van der Waals surface area contributed by atoms with E-state index in [2.05, 4.69) is 15.4 Å². The molecule has 0 atom stereocenters. The quantitative estimate of drug-likeness (QED) is 0.747. The van der Waals surface area contributed by atoms with Gasteiger partial charge in [0, 0.05) is 25.4 Å². The first-order chi connectivity index (χ1) is 12.2. The predicted octanol–water partition coefficient (Wildman–Crippen LogP) is 3.12. The zero-order valence-electron chi connectivity index (χ0n) is 13.8. The lowest BCUT2D eigenvalue weighted by molar-refractivity contribution is 0.102. The molecule has 0 radical (unpaired) electrons. The van der Waals surface area contributed by atoms with Crippen LogP contribution >= 0.6 is 0 Å². The van der Waals surface area contributed by atoms with Crippen molar-refractivity contribution in [1.82, 2.24) is 14.8 Å². The van der Waals surface area contributed by atoms with Gasteiger partial charge < -0.3 is 14.5 Å². The average molecular weight is 338 g/mol. The SMILES string of the molecule is Cn1nc(-c2ccco2)cc1NC(=O)c1ccc(OCC2CC2)nc1.